The van der Waals surface area contributed by atoms with Crippen molar-refractivity contribution < 1.29 is 31.1 Å². The normalized spacial score (nSPS) is 24.0. The van der Waals surface area contributed by atoms with Crippen molar-refractivity contribution >= 4 is 11.6 Å². The van der Waals surface area contributed by atoms with Crippen LogP contribution in [0.5, 0.6) is 0 Å². The van der Waals surface area contributed by atoms with Crippen LogP contribution in [-0.2, 0) is 17.1 Å². The molecule has 2 aliphatic rings. The third-order valence-electron chi connectivity index (χ3n) is 5.41. The molecular weight excluding hydrogens is 412 g/mol. The van der Waals surface area contributed by atoms with Crippen molar-refractivity contribution in [1.82, 2.24) is 15.2 Å². The Balaban J connectivity index is 1.58. The molecule has 1 N–H and O–H groups in total. The number of carbonyl (C=O) groups is 1. The number of amides is 1. The second-order valence-corrected chi connectivity index (χ2v) is 7.21. The summed E-state index contributed by atoms with van der Waals surface area (Å²) in [7, 11) is 0. The van der Waals surface area contributed by atoms with Gasteiger partial charge in [-0.3, -0.25) is 9.78 Å². The third-order valence-corrected chi connectivity index (χ3v) is 5.41. The Labute approximate surface area is 167 Å². The quantitative estimate of drug-likeness (QED) is 0.723. The zero-order valence-electron chi connectivity index (χ0n) is 15.4. The highest BCUT2D eigenvalue weighted by Gasteiger charge is 2.51. The summed E-state index contributed by atoms with van der Waals surface area (Å²) in [6.45, 7) is 1.79. The smallest absolute Gasteiger partial charge is 0.364 e. The van der Waals surface area contributed by atoms with Crippen LogP contribution in [0.15, 0.2) is 48.7 Å². The molecule has 2 aliphatic heterocycles. The molecule has 0 radical (unpaired) electrons. The monoisotopic (exact) mass is 427 g/mol. The van der Waals surface area contributed by atoms with Gasteiger partial charge in [0.1, 0.15) is 11.9 Å². The molecule has 158 valence electrons. The number of halogens is 6. The molecule has 3 unspecified atom stereocenters. The number of alkyl halides is 6. The molecule has 2 aromatic rings. The zero-order chi connectivity index (χ0) is 21.8. The number of hydrogen-bond donors (Lipinski definition) is 1. The largest absolute Gasteiger partial charge is 0.433 e. The van der Waals surface area contributed by atoms with Gasteiger partial charge in [0.2, 0.25) is 0 Å². The molecule has 3 heterocycles. The molecule has 0 spiro atoms. The van der Waals surface area contributed by atoms with Crippen LogP contribution >= 0.6 is 0 Å². The number of nitrogens with zero attached hydrogens (tertiary/aromatic N) is 2. The van der Waals surface area contributed by atoms with Gasteiger partial charge in [-0.25, -0.2) is 0 Å². The topological polar surface area (TPSA) is 45.2 Å². The number of hydrogen-bond acceptors (Lipinski definition) is 3. The molecule has 0 bridgehead atoms. The summed E-state index contributed by atoms with van der Waals surface area (Å²) in [5, 5.41) is 3.10. The van der Waals surface area contributed by atoms with E-state index in [1.54, 1.807) is 11.8 Å². The highest BCUT2D eigenvalue weighted by Crippen LogP contribution is 2.43. The second kappa shape index (κ2) is 6.75. The van der Waals surface area contributed by atoms with Gasteiger partial charge in [-0.15, -0.1) is 0 Å². The molecule has 30 heavy (non-hydrogen) atoms. The molecule has 10 heteroatoms. The lowest BCUT2D eigenvalue weighted by molar-refractivity contribution is -0.143. The van der Waals surface area contributed by atoms with Gasteiger partial charge < -0.3 is 10.2 Å². The van der Waals surface area contributed by atoms with Crippen molar-refractivity contribution in [2.45, 2.75) is 37.4 Å². The van der Waals surface area contributed by atoms with Crippen molar-refractivity contribution in [1.29, 1.82) is 0 Å². The highest BCUT2D eigenvalue weighted by atomic mass is 19.4. The average Bonchev–Trinajstić information content (AvgIpc) is 2.66. The van der Waals surface area contributed by atoms with Crippen molar-refractivity contribution in [3.05, 3.63) is 71.1 Å². The average molecular weight is 427 g/mol. The van der Waals surface area contributed by atoms with Gasteiger partial charge in [-0.05, 0) is 36.8 Å². The predicted molar refractivity (Wildman–Crippen MR) is 94.6 cm³/mol. The van der Waals surface area contributed by atoms with Crippen LogP contribution in [0, 0.1) is 0 Å². The van der Waals surface area contributed by atoms with Crippen molar-refractivity contribution in [2.75, 3.05) is 0 Å². The number of carbonyl (C=O) groups excluding carboxylic acids is 1. The fraction of sp³-hybridized carbons (Fsp3) is 0.300. The maximum atomic E-state index is 12.8. The number of nitrogens with one attached hydrogen (secondary N) is 1. The maximum absolute atomic E-state index is 12.8. The van der Waals surface area contributed by atoms with Crippen LogP contribution in [-0.4, -0.2) is 28.0 Å². The predicted octanol–water partition coefficient (Wildman–Crippen LogP) is 4.40. The van der Waals surface area contributed by atoms with Crippen LogP contribution in [0.25, 0.3) is 5.70 Å². The lowest BCUT2D eigenvalue weighted by Gasteiger charge is -2.56. The van der Waals surface area contributed by atoms with E-state index in [2.05, 4.69) is 10.3 Å². The van der Waals surface area contributed by atoms with Gasteiger partial charge in [-0.2, -0.15) is 26.3 Å². The Kier molecular flexibility index (Phi) is 4.55. The van der Waals surface area contributed by atoms with Gasteiger partial charge in [0.15, 0.2) is 0 Å². The summed E-state index contributed by atoms with van der Waals surface area (Å²) < 4.78 is 76.5. The minimum Gasteiger partial charge on any atom is -0.364 e. The van der Waals surface area contributed by atoms with Gasteiger partial charge in [0, 0.05) is 29.8 Å². The number of benzene rings is 1. The Morgan fingerprint density at radius 1 is 0.967 bits per heavy atom. The van der Waals surface area contributed by atoms with Crippen LogP contribution in [0.2, 0.25) is 0 Å². The van der Waals surface area contributed by atoms with E-state index in [1.165, 1.54) is 24.3 Å². The van der Waals surface area contributed by atoms with Crippen molar-refractivity contribution in [3.63, 3.8) is 0 Å². The fourth-order valence-electron chi connectivity index (χ4n) is 3.90. The van der Waals surface area contributed by atoms with E-state index in [0.29, 0.717) is 16.8 Å². The van der Waals surface area contributed by atoms with E-state index in [9.17, 15) is 31.1 Å². The van der Waals surface area contributed by atoms with Gasteiger partial charge in [-0.1, -0.05) is 12.1 Å². The first-order valence-corrected chi connectivity index (χ1v) is 8.98. The first-order chi connectivity index (χ1) is 14.0. The number of rotatable bonds is 2. The van der Waals surface area contributed by atoms with Crippen molar-refractivity contribution in [3.8, 4) is 0 Å². The first-order valence-electron chi connectivity index (χ1n) is 8.98. The molecule has 1 aromatic heterocycles. The lowest BCUT2D eigenvalue weighted by Crippen LogP contribution is -2.69. The van der Waals surface area contributed by atoms with E-state index < -0.39 is 29.8 Å². The highest BCUT2D eigenvalue weighted by molar-refractivity contribution is 5.98. The molecule has 3 atom stereocenters. The van der Waals surface area contributed by atoms with Crippen LogP contribution in [0.1, 0.15) is 35.2 Å². The Hall–Kier alpha value is -3.04. The summed E-state index contributed by atoms with van der Waals surface area (Å²) in [6.07, 6.45) is -7.23. The molecule has 4 nitrogen and oxygen atoms in total. The van der Waals surface area contributed by atoms with Crippen molar-refractivity contribution in [2.24, 2.45) is 0 Å². The standard InChI is InChI=1S/C20H15F6N3O/c1-10-17(11-2-5-13(6-3-11)19(21,22)23)18-28-14(8-16(30)29(10)18)12-4-7-15(27-9-12)20(24,25)26/h2-10,17-18,28H,1H3. The van der Waals surface area contributed by atoms with Gasteiger partial charge in [0.05, 0.1) is 11.3 Å². The van der Waals surface area contributed by atoms with E-state index in [0.717, 1.165) is 24.4 Å². The summed E-state index contributed by atoms with van der Waals surface area (Å²) >= 11 is 0. The zero-order valence-corrected chi connectivity index (χ0v) is 15.4. The maximum Gasteiger partial charge on any atom is 0.433 e. The van der Waals surface area contributed by atoms with E-state index in [4.69, 9.17) is 0 Å². The SMILES string of the molecule is CC1C(c2ccc(C(F)(F)F)cc2)C2NC(c3ccc(C(F)(F)F)nc3)=CC(=O)N12. The molecule has 1 fully saturated rings. The third kappa shape index (κ3) is 3.40. The van der Waals surface area contributed by atoms with Gasteiger partial charge >= 0.3 is 12.4 Å². The summed E-state index contributed by atoms with van der Waals surface area (Å²) in [5.41, 5.74) is -0.563. The minimum atomic E-state index is -4.57. The van der Waals surface area contributed by atoms with E-state index in [1.807, 2.05) is 0 Å². The molecule has 4 rings (SSSR count). The molecular formula is C20H15F6N3O. The second-order valence-electron chi connectivity index (χ2n) is 7.21. The number of aromatic nitrogens is 1. The number of pyridine rings is 1. The molecule has 0 saturated carbocycles. The summed E-state index contributed by atoms with van der Waals surface area (Å²) in [4.78, 5) is 17.4. The number of fused-ring (bicyclic) bond motifs is 1. The van der Waals surface area contributed by atoms with Crippen LogP contribution < -0.4 is 5.32 Å². The van der Waals surface area contributed by atoms with Crippen LogP contribution in [0.3, 0.4) is 0 Å². The van der Waals surface area contributed by atoms with E-state index >= 15 is 0 Å². The molecule has 1 amide bonds. The van der Waals surface area contributed by atoms with Crippen LogP contribution in [0.4, 0.5) is 26.3 Å². The Morgan fingerprint density at radius 2 is 1.63 bits per heavy atom. The van der Waals surface area contributed by atoms with Gasteiger partial charge in [0.25, 0.3) is 5.91 Å². The minimum absolute atomic E-state index is 0.254. The molecule has 1 saturated heterocycles. The lowest BCUT2D eigenvalue weighted by atomic mass is 9.78. The summed E-state index contributed by atoms with van der Waals surface area (Å²) in [5.74, 6) is -0.605. The fourth-order valence-corrected chi connectivity index (χ4v) is 3.90. The first kappa shape index (κ1) is 20.2. The van der Waals surface area contributed by atoms with E-state index in [-0.39, 0.29) is 17.9 Å². The Morgan fingerprint density at radius 3 is 2.17 bits per heavy atom. The summed E-state index contributed by atoms with van der Waals surface area (Å²) in [6, 6.07) is 6.53. The Bertz CT molecular complexity index is 995. The molecule has 1 aromatic carbocycles. The molecule has 0 aliphatic carbocycles.